The van der Waals surface area contributed by atoms with Crippen LogP contribution in [0.5, 0.6) is 0 Å². The first-order chi connectivity index (χ1) is 9.94. The van der Waals surface area contributed by atoms with Crippen LogP contribution in [0.4, 0.5) is 8.78 Å². The number of ether oxygens (including phenoxy) is 1. The van der Waals surface area contributed by atoms with Gasteiger partial charge in [-0.05, 0) is 25.1 Å². The smallest absolute Gasteiger partial charge is 0.243 e. The van der Waals surface area contributed by atoms with Crippen LogP contribution in [-0.4, -0.2) is 35.2 Å². The highest BCUT2D eigenvalue weighted by Gasteiger charge is 2.22. The maximum atomic E-state index is 14.2. The van der Waals surface area contributed by atoms with Crippen molar-refractivity contribution in [1.82, 2.24) is 10.0 Å². The second-order valence-electron chi connectivity index (χ2n) is 4.36. The molecule has 0 saturated heterocycles. The van der Waals surface area contributed by atoms with Crippen LogP contribution >= 0.6 is 0 Å². The normalized spacial score (nSPS) is 11.8. The molecular formula is C13H20F2N2O3S. The Morgan fingerprint density at radius 3 is 2.62 bits per heavy atom. The van der Waals surface area contributed by atoms with Gasteiger partial charge in [0.05, 0.1) is 0 Å². The van der Waals surface area contributed by atoms with Gasteiger partial charge in [-0.2, -0.15) is 0 Å². The van der Waals surface area contributed by atoms with E-state index in [0.29, 0.717) is 19.6 Å². The molecule has 1 aromatic rings. The lowest BCUT2D eigenvalue weighted by Gasteiger charge is -2.11. The fourth-order valence-corrected chi connectivity index (χ4v) is 2.87. The SMILES string of the molecule is CCNCc1c(F)ccc(S(=O)(=O)NCCCOC)c1F. The minimum Gasteiger partial charge on any atom is -0.385 e. The van der Waals surface area contributed by atoms with E-state index in [-0.39, 0.29) is 18.7 Å². The number of rotatable bonds is 9. The third-order valence-corrected chi connectivity index (χ3v) is 4.29. The summed E-state index contributed by atoms with van der Waals surface area (Å²) < 4.78 is 58.9. The molecule has 0 radical (unpaired) electrons. The van der Waals surface area contributed by atoms with E-state index >= 15 is 0 Å². The summed E-state index contributed by atoms with van der Waals surface area (Å²) in [4.78, 5) is -0.547. The van der Waals surface area contributed by atoms with Crippen molar-refractivity contribution >= 4 is 10.0 Å². The van der Waals surface area contributed by atoms with Gasteiger partial charge in [0, 0.05) is 32.4 Å². The number of methoxy groups -OCH3 is 1. The van der Waals surface area contributed by atoms with Crippen molar-refractivity contribution in [2.45, 2.75) is 24.8 Å². The van der Waals surface area contributed by atoms with Gasteiger partial charge in [0.15, 0.2) is 5.82 Å². The standard InChI is InChI=1S/C13H20F2N2O3S/c1-3-16-9-10-11(14)5-6-12(13(10)15)21(18,19)17-7-4-8-20-2/h5-6,16-17H,3-4,7-9H2,1-2H3. The molecule has 120 valence electrons. The van der Waals surface area contributed by atoms with Gasteiger partial charge in [-0.25, -0.2) is 21.9 Å². The molecule has 0 spiro atoms. The van der Waals surface area contributed by atoms with Gasteiger partial charge >= 0.3 is 0 Å². The van der Waals surface area contributed by atoms with Crippen LogP contribution in [0, 0.1) is 11.6 Å². The lowest BCUT2D eigenvalue weighted by molar-refractivity contribution is 0.196. The minimum absolute atomic E-state index is 0.0683. The lowest BCUT2D eigenvalue weighted by atomic mass is 10.2. The predicted octanol–water partition coefficient (Wildman–Crippen LogP) is 1.39. The van der Waals surface area contributed by atoms with E-state index in [1.54, 1.807) is 6.92 Å². The van der Waals surface area contributed by atoms with Crippen LogP contribution in [-0.2, 0) is 21.3 Å². The number of sulfonamides is 1. The van der Waals surface area contributed by atoms with Crippen molar-refractivity contribution < 1.29 is 21.9 Å². The van der Waals surface area contributed by atoms with Gasteiger partial charge in [-0.15, -0.1) is 0 Å². The first-order valence-corrected chi connectivity index (χ1v) is 8.08. The highest BCUT2D eigenvalue weighted by molar-refractivity contribution is 7.89. The average Bonchev–Trinajstić information content (AvgIpc) is 2.43. The molecule has 0 atom stereocenters. The highest BCUT2D eigenvalue weighted by atomic mass is 32.2. The van der Waals surface area contributed by atoms with E-state index in [1.807, 2.05) is 0 Å². The van der Waals surface area contributed by atoms with Crippen LogP contribution in [0.3, 0.4) is 0 Å². The zero-order valence-electron chi connectivity index (χ0n) is 12.1. The van der Waals surface area contributed by atoms with Gasteiger partial charge < -0.3 is 10.1 Å². The molecule has 0 unspecified atom stereocenters. The lowest BCUT2D eigenvalue weighted by Crippen LogP contribution is -2.27. The van der Waals surface area contributed by atoms with Crippen LogP contribution in [0.25, 0.3) is 0 Å². The largest absolute Gasteiger partial charge is 0.385 e. The Balaban J connectivity index is 2.96. The predicted molar refractivity (Wildman–Crippen MR) is 75.4 cm³/mol. The second-order valence-corrected chi connectivity index (χ2v) is 6.10. The van der Waals surface area contributed by atoms with Crippen molar-refractivity contribution in [1.29, 1.82) is 0 Å². The van der Waals surface area contributed by atoms with Crippen molar-refractivity contribution in [2.75, 3.05) is 26.8 Å². The summed E-state index contributed by atoms with van der Waals surface area (Å²) >= 11 is 0. The molecular weight excluding hydrogens is 302 g/mol. The Morgan fingerprint density at radius 1 is 1.29 bits per heavy atom. The van der Waals surface area contributed by atoms with Gasteiger partial charge in [0.2, 0.25) is 10.0 Å². The summed E-state index contributed by atoms with van der Waals surface area (Å²) in [5, 5.41) is 2.77. The van der Waals surface area contributed by atoms with E-state index in [9.17, 15) is 17.2 Å². The van der Waals surface area contributed by atoms with Gasteiger partial charge in [0.1, 0.15) is 10.7 Å². The number of hydrogen-bond donors (Lipinski definition) is 2. The van der Waals surface area contributed by atoms with Crippen LogP contribution in [0.2, 0.25) is 0 Å². The molecule has 0 aliphatic heterocycles. The molecule has 0 aliphatic rings. The van der Waals surface area contributed by atoms with Crippen molar-refractivity contribution in [3.05, 3.63) is 29.3 Å². The topological polar surface area (TPSA) is 67.4 Å². The first kappa shape index (κ1) is 18.0. The fraction of sp³-hybridized carbons (Fsp3) is 0.538. The molecule has 0 amide bonds. The molecule has 0 fully saturated rings. The molecule has 1 aromatic carbocycles. The van der Waals surface area contributed by atoms with Gasteiger partial charge in [-0.1, -0.05) is 6.92 Å². The van der Waals surface area contributed by atoms with Crippen molar-refractivity contribution in [3.63, 3.8) is 0 Å². The van der Waals surface area contributed by atoms with E-state index in [4.69, 9.17) is 4.74 Å². The summed E-state index contributed by atoms with van der Waals surface area (Å²) in [5.74, 6) is -1.83. The first-order valence-electron chi connectivity index (χ1n) is 6.60. The summed E-state index contributed by atoms with van der Waals surface area (Å²) in [5.41, 5.74) is -0.281. The number of nitrogens with one attached hydrogen (secondary N) is 2. The molecule has 0 heterocycles. The van der Waals surface area contributed by atoms with Crippen molar-refractivity contribution in [2.24, 2.45) is 0 Å². The fourth-order valence-electron chi connectivity index (χ4n) is 1.70. The third-order valence-electron chi connectivity index (χ3n) is 2.81. The highest BCUT2D eigenvalue weighted by Crippen LogP contribution is 2.21. The molecule has 21 heavy (non-hydrogen) atoms. The second kappa shape index (κ2) is 8.38. The molecule has 0 saturated carbocycles. The van der Waals surface area contributed by atoms with E-state index in [2.05, 4.69) is 10.0 Å². The number of benzene rings is 1. The third kappa shape index (κ3) is 4.99. The summed E-state index contributed by atoms with van der Waals surface area (Å²) in [7, 11) is -2.51. The summed E-state index contributed by atoms with van der Waals surface area (Å²) in [6, 6.07) is 1.89. The zero-order chi connectivity index (χ0) is 15.9. The molecule has 0 bridgehead atoms. The summed E-state index contributed by atoms with van der Waals surface area (Å²) in [6.45, 7) is 2.75. The number of hydrogen-bond acceptors (Lipinski definition) is 4. The van der Waals surface area contributed by atoms with E-state index < -0.39 is 26.6 Å². The Labute approximate surface area is 123 Å². The van der Waals surface area contributed by atoms with E-state index in [0.717, 1.165) is 12.1 Å². The molecule has 8 heteroatoms. The Morgan fingerprint density at radius 2 is 2.00 bits per heavy atom. The summed E-state index contributed by atoms with van der Waals surface area (Å²) in [6.07, 6.45) is 0.461. The quantitative estimate of drug-likeness (QED) is 0.674. The molecule has 0 aliphatic carbocycles. The molecule has 0 aromatic heterocycles. The zero-order valence-corrected chi connectivity index (χ0v) is 12.9. The molecule has 5 nitrogen and oxygen atoms in total. The van der Waals surface area contributed by atoms with Gasteiger partial charge in [-0.3, -0.25) is 0 Å². The Kier molecular flexibility index (Phi) is 7.16. The van der Waals surface area contributed by atoms with Gasteiger partial charge in [0.25, 0.3) is 0 Å². The Bertz CT molecular complexity index is 565. The van der Waals surface area contributed by atoms with Crippen molar-refractivity contribution in [3.8, 4) is 0 Å². The molecule has 1 rings (SSSR count). The monoisotopic (exact) mass is 322 g/mol. The number of halogens is 2. The average molecular weight is 322 g/mol. The van der Waals surface area contributed by atoms with Crippen LogP contribution in [0.15, 0.2) is 17.0 Å². The minimum atomic E-state index is -4.01. The van der Waals surface area contributed by atoms with Crippen LogP contribution in [0.1, 0.15) is 18.9 Å². The maximum Gasteiger partial charge on any atom is 0.243 e. The maximum absolute atomic E-state index is 14.2. The van der Waals surface area contributed by atoms with Crippen LogP contribution < -0.4 is 10.0 Å². The van der Waals surface area contributed by atoms with E-state index in [1.165, 1.54) is 7.11 Å². The molecule has 2 N–H and O–H groups in total. The Hall–Kier alpha value is -1.09.